The van der Waals surface area contributed by atoms with E-state index in [2.05, 4.69) is 5.32 Å². The molecule has 116 valence electrons. The molecule has 20 heavy (non-hydrogen) atoms. The van der Waals surface area contributed by atoms with Crippen molar-refractivity contribution in [2.24, 2.45) is 5.92 Å². The van der Waals surface area contributed by atoms with E-state index in [1.807, 2.05) is 6.92 Å². The monoisotopic (exact) mass is 287 g/mol. The highest BCUT2D eigenvalue weighted by Crippen LogP contribution is 2.01. The number of hydrogen-bond donors (Lipinski definition) is 2. The van der Waals surface area contributed by atoms with Crippen LogP contribution in [0.25, 0.3) is 0 Å². The lowest BCUT2D eigenvalue weighted by atomic mass is 10.1. The Morgan fingerprint density at radius 2 is 1.85 bits per heavy atom. The van der Waals surface area contributed by atoms with Gasteiger partial charge in [-0.05, 0) is 12.3 Å². The molecule has 0 aliphatic carbocycles. The summed E-state index contributed by atoms with van der Waals surface area (Å²) in [7, 11) is 3.28. The highest BCUT2D eigenvalue weighted by molar-refractivity contribution is 5.83. The zero-order valence-corrected chi connectivity index (χ0v) is 12.7. The Labute approximate surface area is 119 Å². The fraction of sp³-hybridized carbons (Fsp3) is 0.769. The molecule has 0 fully saturated rings. The SMILES string of the molecule is CCCN(CC(=O)N(C)C)C(=O)NCC(C)CC(=O)O. The lowest BCUT2D eigenvalue weighted by Crippen LogP contribution is -2.46. The van der Waals surface area contributed by atoms with Gasteiger partial charge >= 0.3 is 12.0 Å². The predicted octanol–water partition coefficient (Wildman–Crippen LogP) is 0.607. The number of amides is 3. The van der Waals surface area contributed by atoms with E-state index in [9.17, 15) is 14.4 Å². The lowest BCUT2D eigenvalue weighted by Gasteiger charge is -2.24. The van der Waals surface area contributed by atoms with Crippen molar-refractivity contribution in [3.05, 3.63) is 0 Å². The summed E-state index contributed by atoms with van der Waals surface area (Å²) in [6.07, 6.45) is 0.753. The largest absolute Gasteiger partial charge is 0.481 e. The Morgan fingerprint density at radius 1 is 1.25 bits per heavy atom. The van der Waals surface area contributed by atoms with Crippen LogP contribution >= 0.6 is 0 Å². The molecule has 7 heteroatoms. The third-order valence-electron chi connectivity index (χ3n) is 2.73. The Kier molecular flexibility index (Phi) is 8.35. The van der Waals surface area contributed by atoms with Gasteiger partial charge in [0, 0.05) is 33.6 Å². The minimum absolute atomic E-state index is 0.00465. The van der Waals surface area contributed by atoms with Gasteiger partial charge in [0.1, 0.15) is 6.54 Å². The highest BCUT2D eigenvalue weighted by atomic mass is 16.4. The van der Waals surface area contributed by atoms with E-state index in [0.717, 1.165) is 6.42 Å². The second-order valence-electron chi connectivity index (χ2n) is 5.10. The Morgan fingerprint density at radius 3 is 2.30 bits per heavy atom. The number of hydrogen-bond acceptors (Lipinski definition) is 3. The summed E-state index contributed by atoms with van der Waals surface area (Å²) in [5.74, 6) is -1.18. The number of nitrogens with one attached hydrogen (secondary N) is 1. The summed E-state index contributed by atoms with van der Waals surface area (Å²) in [6, 6.07) is -0.334. The summed E-state index contributed by atoms with van der Waals surface area (Å²) in [5.41, 5.74) is 0. The first kappa shape index (κ1) is 18.2. The van der Waals surface area contributed by atoms with Gasteiger partial charge < -0.3 is 20.2 Å². The van der Waals surface area contributed by atoms with Gasteiger partial charge in [-0.25, -0.2) is 4.79 Å². The average molecular weight is 287 g/mol. The average Bonchev–Trinajstić information content (AvgIpc) is 2.34. The van der Waals surface area contributed by atoms with Gasteiger partial charge in [0.15, 0.2) is 0 Å². The van der Waals surface area contributed by atoms with Crippen LogP contribution in [0, 0.1) is 5.92 Å². The Hall–Kier alpha value is -1.79. The van der Waals surface area contributed by atoms with E-state index in [-0.39, 0.29) is 37.4 Å². The number of rotatable bonds is 8. The standard InChI is InChI=1S/C13H25N3O4/c1-5-6-16(9-11(17)15(3)4)13(20)14-8-10(2)7-12(18)19/h10H,5-9H2,1-4H3,(H,14,20)(H,18,19). The zero-order chi connectivity index (χ0) is 15.7. The van der Waals surface area contributed by atoms with Gasteiger partial charge in [-0.1, -0.05) is 13.8 Å². The first-order chi connectivity index (χ1) is 9.27. The zero-order valence-electron chi connectivity index (χ0n) is 12.7. The molecule has 2 N–H and O–H groups in total. The number of carboxylic acids is 1. The molecule has 0 rings (SSSR count). The van der Waals surface area contributed by atoms with Crippen molar-refractivity contribution in [3.63, 3.8) is 0 Å². The van der Waals surface area contributed by atoms with E-state index < -0.39 is 5.97 Å². The number of carbonyl (C=O) groups is 3. The van der Waals surface area contributed by atoms with E-state index in [0.29, 0.717) is 6.54 Å². The van der Waals surface area contributed by atoms with Crippen molar-refractivity contribution in [1.29, 1.82) is 0 Å². The van der Waals surface area contributed by atoms with Gasteiger partial charge in [0.2, 0.25) is 5.91 Å². The van der Waals surface area contributed by atoms with Gasteiger partial charge in [0.25, 0.3) is 0 Å². The smallest absolute Gasteiger partial charge is 0.317 e. The van der Waals surface area contributed by atoms with Crippen LogP contribution < -0.4 is 5.32 Å². The van der Waals surface area contributed by atoms with Crippen LogP contribution in [-0.4, -0.2) is 66.5 Å². The Balaban J connectivity index is 4.35. The first-order valence-corrected chi connectivity index (χ1v) is 6.72. The molecule has 0 aliphatic rings. The summed E-state index contributed by atoms with van der Waals surface area (Å²) in [5, 5.41) is 11.3. The number of carboxylic acid groups (broad SMARTS) is 1. The molecule has 0 saturated carbocycles. The highest BCUT2D eigenvalue weighted by Gasteiger charge is 2.18. The van der Waals surface area contributed by atoms with E-state index in [4.69, 9.17) is 5.11 Å². The van der Waals surface area contributed by atoms with Gasteiger partial charge in [-0.2, -0.15) is 0 Å². The van der Waals surface area contributed by atoms with Crippen LogP contribution in [0.15, 0.2) is 0 Å². The molecule has 1 unspecified atom stereocenters. The number of aliphatic carboxylic acids is 1. The quantitative estimate of drug-likeness (QED) is 0.684. The van der Waals surface area contributed by atoms with E-state index in [1.54, 1.807) is 21.0 Å². The van der Waals surface area contributed by atoms with Gasteiger partial charge in [-0.15, -0.1) is 0 Å². The minimum atomic E-state index is -0.889. The second kappa shape index (κ2) is 9.17. The molecule has 0 heterocycles. The summed E-state index contributed by atoms with van der Waals surface area (Å²) < 4.78 is 0. The van der Waals surface area contributed by atoms with Crippen molar-refractivity contribution in [1.82, 2.24) is 15.1 Å². The molecular weight excluding hydrogens is 262 g/mol. The molecule has 0 aliphatic heterocycles. The van der Waals surface area contributed by atoms with E-state index >= 15 is 0 Å². The molecule has 3 amide bonds. The van der Waals surface area contributed by atoms with Crippen molar-refractivity contribution >= 4 is 17.9 Å². The van der Waals surface area contributed by atoms with Crippen LogP contribution in [0.5, 0.6) is 0 Å². The van der Waals surface area contributed by atoms with Gasteiger partial charge in [-0.3, -0.25) is 9.59 Å². The third-order valence-corrected chi connectivity index (χ3v) is 2.73. The van der Waals surface area contributed by atoms with Crippen LogP contribution in [0.1, 0.15) is 26.7 Å². The lowest BCUT2D eigenvalue weighted by molar-refractivity contribution is -0.138. The summed E-state index contributed by atoms with van der Waals surface area (Å²) in [6.45, 7) is 4.47. The van der Waals surface area contributed by atoms with Crippen LogP contribution in [0.3, 0.4) is 0 Å². The second-order valence-corrected chi connectivity index (χ2v) is 5.10. The number of carbonyl (C=O) groups excluding carboxylic acids is 2. The topological polar surface area (TPSA) is 90.0 Å². The molecule has 7 nitrogen and oxygen atoms in total. The predicted molar refractivity (Wildman–Crippen MR) is 75.4 cm³/mol. The molecular formula is C13H25N3O4. The molecule has 1 atom stereocenters. The fourth-order valence-corrected chi connectivity index (χ4v) is 1.57. The summed E-state index contributed by atoms with van der Waals surface area (Å²) >= 11 is 0. The molecule has 0 aromatic carbocycles. The molecule has 0 saturated heterocycles. The first-order valence-electron chi connectivity index (χ1n) is 6.72. The van der Waals surface area contributed by atoms with Crippen molar-refractivity contribution in [2.75, 3.05) is 33.7 Å². The maximum Gasteiger partial charge on any atom is 0.317 e. The minimum Gasteiger partial charge on any atom is -0.481 e. The molecule has 0 spiro atoms. The van der Waals surface area contributed by atoms with Crippen molar-refractivity contribution in [3.8, 4) is 0 Å². The molecule has 0 aromatic rings. The van der Waals surface area contributed by atoms with Crippen LogP contribution in [0.2, 0.25) is 0 Å². The molecule has 0 bridgehead atoms. The maximum atomic E-state index is 12.0. The number of nitrogens with zero attached hydrogens (tertiary/aromatic N) is 2. The van der Waals surface area contributed by atoms with Crippen LogP contribution in [-0.2, 0) is 9.59 Å². The van der Waals surface area contributed by atoms with E-state index in [1.165, 1.54) is 9.80 Å². The fourth-order valence-electron chi connectivity index (χ4n) is 1.57. The molecule has 0 radical (unpaired) electrons. The molecule has 0 aromatic heterocycles. The van der Waals surface area contributed by atoms with Crippen LogP contribution in [0.4, 0.5) is 4.79 Å². The third kappa shape index (κ3) is 7.60. The van der Waals surface area contributed by atoms with Crippen molar-refractivity contribution < 1.29 is 19.5 Å². The summed E-state index contributed by atoms with van der Waals surface area (Å²) in [4.78, 5) is 37.0. The number of urea groups is 1. The van der Waals surface area contributed by atoms with Crippen molar-refractivity contribution in [2.45, 2.75) is 26.7 Å². The van der Waals surface area contributed by atoms with Gasteiger partial charge in [0.05, 0.1) is 0 Å². The Bertz CT molecular complexity index is 345. The number of likely N-dealkylation sites (N-methyl/N-ethyl adjacent to an activating group) is 1. The maximum absolute atomic E-state index is 12.0. The normalized spacial score (nSPS) is 11.6.